The molecule has 0 spiro atoms. The molecule has 1 saturated carbocycles. The van der Waals surface area contributed by atoms with Crippen LogP contribution in [0.4, 0.5) is 15.8 Å². The van der Waals surface area contributed by atoms with E-state index < -0.39 is 11.4 Å². The van der Waals surface area contributed by atoms with Crippen molar-refractivity contribution >= 4 is 28.3 Å². The Hall–Kier alpha value is -4.20. The molecule has 0 atom stereocenters. The number of amides is 1. The summed E-state index contributed by atoms with van der Waals surface area (Å²) in [5.41, 5.74) is 3.54. The number of benzene rings is 2. The monoisotopic (exact) mass is 501 g/mol. The molecule has 2 aromatic carbocycles. The molecule has 8 heteroatoms. The molecule has 0 aliphatic heterocycles. The molecule has 1 amide bonds. The lowest BCUT2D eigenvalue weighted by atomic mass is 9.98. The SMILES string of the molecule is CC(=O)NCc1cccc(-c2c(C)n(C3CC3)c(=O)c3c(Nc4ccc(C)cc4F)c(C)c(=O)oc23)c1. The average Bonchev–Trinajstić information content (AvgIpc) is 3.67. The highest BCUT2D eigenvalue weighted by Gasteiger charge is 2.31. The van der Waals surface area contributed by atoms with Crippen molar-refractivity contribution in [2.24, 2.45) is 0 Å². The number of nitrogens with zero attached hydrogens (tertiary/aromatic N) is 1. The van der Waals surface area contributed by atoms with Gasteiger partial charge in [-0.3, -0.25) is 9.59 Å². The smallest absolute Gasteiger partial charge is 0.341 e. The predicted molar refractivity (Wildman–Crippen MR) is 142 cm³/mol. The number of halogens is 1. The van der Waals surface area contributed by atoms with Crippen molar-refractivity contribution < 1.29 is 13.6 Å². The fraction of sp³-hybridized carbons (Fsp3) is 0.276. The molecule has 190 valence electrons. The van der Waals surface area contributed by atoms with Crippen LogP contribution in [-0.4, -0.2) is 10.5 Å². The van der Waals surface area contributed by atoms with Crippen LogP contribution in [0.2, 0.25) is 0 Å². The summed E-state index contributed by atoms with van der Waals surface area (Å²) in [7, 11) is 0. The Kier molecular flexibility index (Phi) is 6.19. The first-order chi connectivity index (χ1) is 17.7. The van der Waals surface area contributed by atoms with Gasteiger partial charge >= 0.3 is 5.63 Å². The number of aromatic nitrogens is 1. The van der Waals surface area contributed by atoms with Crippen LogP contribution in [0, 0.1) is 26.6 Å². The van der Waals surface area contributed by atoms with E-state index in [1.807, 2.05) is 31.2 Å². The van der Waals surface area contributed by atoms with Gasteiger partial charge in [-0.15, -0.1) is 0 Å². The molecule has 1 aliphatic carbocycles. The maximum absolute atomic E-state index is 14.8. The molecule has 2 aromatic heterocycles. The van der Waals surface area contributed by atoms with E-state index in [1.54, 1.807) is 30.5 Å². The molecule has 37 heavy (non-hydrogen) atoms. The average molecular weight is 502 g/mol. The van der Waals surface area contributed by atoms with E-state index in [4.69, 9.17) is 4.42 Å². The van der Waals surface area contributed by atoms with E-state index in [-0.39, 0.29) is 45.4 Å². The highest BCUT2D eigenvalue weighted by molar-refractivity contribution is 6.01. The van der Waals surface area contributed by atoms with Gasteiger partial charge in [0.1, 0.15) is 11.2 Å². The van der Waals surface area contributed by atoms with Gasteiger partial charge in [-0.1, -0.05) is 24.3 Å². The fourth-order valence-electron chi connectivity index (χ4n) is 4.75. The Balaban J connectivity index is 1.81. The van der Waals surface area contributed by atoms with E-state index in [1.165, 1.54) is 13.0 Å². The van der Waals surface area contributed by atoms with E-state index in [9.17, 15) is 18.8 Å². The number of aryl methyl sites for hydroxylation is 1. The Labute approximate surface area is 212 Å². The molecule has 0 bridgehead atoms. The molecule has 0 saturated heterocycles. The van der Waals surface area contributed by atoms with Crippen molar-refractivity contribution in [3.8, 4) is 11.1 Å². The number of hydrogen-bond donors (Lipinski definition) is 2. The predicted octanol–water partition coefficient (Wildman–Crippen LogP) is 5.40. The summed E-state index contributed by atoms with van der Waals surface area (Å²) in [6.45, 7) is 6.99. The van der Waals surface area contributed by atoms with Gasteiger partial charge in [-0.2, -0.15) is 0 Å². The summed E-state index contributed by atoms with van der Waals surface area (Å²) >= 11 is 0. The summed E-state index contributed by atoms with van der Waals surface area (Å²) < 4.78 is 22.3. The Morgan fingerprint density at radius 2 is 1.86 bits per heavy atom. The second-order valence-electron chi connectivity index (χ2n) is 9.68. The first-order valence-corrected chi connectivity index (χ1v) is 12.2. The second-order valence-corrected chi connectivity index (χ2v) is 9.68. The third-order valence-electron chi connectivity index (χ3n) is 6.79. The molecule has 2 heterocycles. The van der Waals surface area contributed by atoms with Crippen molar-refractivity contribution in [2.45, 2.75) is 53.1 Å². The Morgan fingerprint density at radius 3 is 2.54 bits per heavy atom. The number of carbonyl (C=O) groups is 1. The van der Waals surface area contributed by atoms with Crippen LogP contribution in [0.1, 0.15) is 48.2 Å². The van der Waals surface area contributed by atoms with Crippen molar-refractivity contribution in [1.82, 2.24) is 9.88 Å². The van der Waals surface area contributed by atoms with Crippen molar-refractivity contribution in [2.75, 3.05) is 5.32 Å². The number of anilines is 2. The van der Waals surface area contributed by atoms with Gasteiger partial charge in [-0.05, 0) is 68.5 Å². The minimum absolute atomic E-state index is 0.0504. The summed E-state index contributed by atoms with van der Waals surface area (Å²) in [6, 6.07) is 12.3. The van der Waals surface area contributed by atoms with Gasteiger partial charge in [-0.25, -0.2) is 9.18 Å². The number of rotatable bonds is 6. The normalized spacial score (nSPS) is 13.1. The second kappa shape index (κ2) is 9.35. The zero-order chi connectivity index (χ0) is 26.4. The molecule has 4 aromatic rings. The van der Waals surface area contributed by atoms with Crippen LogP contribution in [0.25, 0.3) is 22.1 Å². The number of nitrogens with one attached hydrogen (secondary N) is 2. The third kappa shape index (κ3) is 4.55. The number of carbonyl (C=O) groups excluding carboxylic acids is 1. The van der Waals surface area contributed by atoms with Crippen LogP contribution in [0.3, 0.4) is 0 Å². The highest BCUT2D eigenvalue weighted by Crippen LogP contribution is 2.40. The van der Waals surface area contributed by atoms with Gasteiger partial charge in [0.15, 0.2) is 5.58 Å². The largest absolute Gasteiger partial charge is 0.421 e. The number of pyridine rings is 1. The molecular weight excluding hydrogens is 473 g/mol. The molecule has 7 nitrogen and oxygen atoms in total. The lowest BCUT2D eigenvalue weighted by Gasteiger charge is -2.20. The van der Waals surface area contributed by atoms with Gasteiger partial charge in [0.2, 0.25) is 5.91 Å². The lowest BCUT2D eigenvalue weighted by molar-refractivity contribution is -0.119. The fourth-order valence-corrected chi connectivity index (χ4v) is 4.75. The summed E-state index contributed by atoms with van der Waals surface area (Å²) in [6.07, 6.45) is 1.75. The molecule has 2 N–H and O–H groups in total. The first-order valence-electron chi connectivity index (χ1n) is 12.2. The van der Waals surface area contributed by atoms with Crippen molar-refractivity contribution in [3.05, 3.63) is 91.4 Å². The first kappa shape index (κ1) is 24.5. The summed E-state index contributed by atoms with van der Waals surface area (Å²) in [4.78, 5) is 38.3. The van der Waals surface area contributed by atoms with Crippen LogP contribution in [0.5, 0.6) is 0 Å². The topological polar surface area (TPSA) is 93.3 Å². The molecule has 5 rings (SSSR count). The van der Waals surface area contributed by atoms with Crippen LogP contribution in [-0.2, 0) is 11.3 Å². The minimum atomic E-state index is -0.610. The Morgan fingerprint density at radius 1 is 1.11 bits per heavy atom. The quantitative estimate of drug-likeness (QED) is 0.369. The van der Waals surface area contributed by atoms with Crippen LogP contribution < -0.4 is 21.8 Å². The lowest BCUT2D eigenvalue weighted by Crippen LogP contribution is -2.25. The van der Waals surface area contributed by atoms with Gasteiger partial charge in [0, 0.05) is 30.8 Å². The van der Waals surface area contributed by atoms with Gasteiger partial charge in [0.25, 0.3) is 5.56 Å². The molecule has 0 radical (unpaired) electrons. The van der Waals surface area contributed by atoms with Crippen molar-refractivity contribution in [1.29, 1.82) is 0 Å². The standard InChI is InChI=1S/C29H28FN3O4/c1-15-8-11-23(22(30)12-15)32-26-16(2)29(36)37-27-24(17(3)33(21-9-10-21)28(35)25(26)27)20-7-5-6-19(13-20)14-31-18(4)34/h5-8,11-13,21,32H,9-10,14H2,1-4H3,(H,31,34). The zero-order valence-corrected chi connectivity index (χ0v) is 21.2. The molecule has 1 fully saturated rings. The summed E-state index contributed by atoms with van der Waals surface area (Å²) in [5, 5.41) is 6.02. The number of hydrogen-bond acceptors (Lipinski definition) is 5. The van der Waals surface area contributed by atoms with Gasteiger partial charge < -0.3 is 19.6 Å². The summed E-state index contributed by atoms with van der Waals surface area (Å²) in [5.74, 6) is -0.629. The van der Waals surface area contributed by atoms with Gasteiger partial charge in [0.05, 0.1) is 16.9 Å². The van der Waals surface area contributed by atoms with E-state index in [0.29, 0.717) is 17.8 Å². The molecule has 1 aliphatic rings. The van der Waals surface area contributed by atoms with E-state index in [0.717, 1.165) is 29.5 Å². The highest BCUT2D eigenvalue weighted by atomic mass is 19.1. The Bertz CT molecular complexity index is 1680. The number of fused-ring (bicyclic) bond motifs is 1. The van der Waals surface area contributed by atoms with Crippen molar-refractivity contribution in [3.63, 3.8) is 0 Å². The maximum Gasteiger partial charge on any atom is 0.341 e. The zero-order valence-electron chi connectivity index (χ0n) is 21.2. The molecular formula is C29H28FN3O4. The minimum Gasteiger partial charge on any atom is -0.421 e. The molecule has 0 unspecified atom stereocenters. The van der Waals surface area contributed by atoms with Crippen LogP contribution >= 0.6 is 0 Å². The third-order valence-corrected chi connectivity index (χ3v) is 6.79. The van der Waals surface area contributed by atoms with E-state index >= 15 is 0 Å². The van der Waals surface area contributed by atoms with Crippen LogP contribution in [0.15, 0.2) is 56.5 Å². The van der Waals surface area contributed by atoms with E-state index in [2.05, 4.69) is 10.6 Å². The maximum atomic E-state index is 14.8.